The molecular formula is C13H25N5O. The van der Waals surface area contributed by atoms with Crippen LogP contribution >= 0.6 is 0 Å². The summed E-state index contributed by atoms with van der Waals surface area (Å²) in [6, 6.07) is 0.277. The molecule has 0 radical (unpaired) electrons. The van der Waals surface area contributed by atoms with Crippen molar-refractivity contribution >= 4 is 0 Å². The van der Waals surface area contributed by atoms with Crippen LogP contribution in [0.15, 0.2) is 0 Å². The first kappa shape index (κ1) is 14.4. The molecule has 108 valence electrons. The number of hydrogen-bond acceptors (Lipinski definition) is 5. The molecule has 1 aliphatic carbocycles. The number of rotatable bonds is 5. The number of hydrogen-bond donors (Lipinski definition) is 1. The van der Waals surface area contributed by atoms with Gasteiger partial charge in [-0.15, -0.1) is 5.10 Å². The van der Waals surface area contributed by atoms with Gasteiger partial charge in [0.1, 0.15) is 0 Å². The number of aliphatic hydroxyl groups is 1. The second-order valence-corrected chi connectivity index (χ2v) is 5.94. The third-order valence-corrected chi connectivity index (χ3v) is 3.88. The maximum Gasteiger partial charge on any atom is 0.165 e. The molecule has 0 aliphatic heterocycles. The van der Waals surface area contributed by atoms with Crippen LogP contribution in [0, 0.1) is 5.92 Å². The summed E-state index contributed by atoms with van der Waals surface area (Å²) in [5, 5.41) is 21.9. The predicted molar refractivity (Wildman–Crippen MR) is 72.5 cm³/mol. The lowest BCUT2D eigenvalue weighted by Crippen LogP contribution is -2.35. The fourth-order valence-electron chi connectivity index (χ4n) is 2.82. The second kappa shape index (κ2) is 6.43. The fraction of sp³-hybridized carbons (Fsp3) is 0.923. The summed E-state index contributed by atoms with van der Waals surface area (Å²) in [4.78, 5) is 2.21. The first-order chi connectivity index (χ1) is 9.08. The van der Waals surface area contributed by atoms with Crippen LogP contribution in [0.1, 0.15) is 51.4 Å². The van der Waals surface area contributed by atoms with Gasteiger partial charge in [0.25, 0.3) is 0 Å². The number of aromatic nitrogens is 4. The van der Waals surface area contributed by atoms with Crippen LogP contribution in [-0.2, 0) is 6.54 Å². The molecular weight excluding hydrogens is 242 g/mol. The van der Waals surface area contributed by atoms with Crippen molar-refractivity contribution in [1.82, 2.24) is 25.1 Å². The van der Waals surface area contributed by atoms with Crippen molar-refractivity contribution in [2.75, 3.05) is 13.6 Å². The number of nitrogens with zero attached hydrogens (tertiary/aromatic N) is 5. The van der Waals surface area contributed by atoms with E-state index in [9.17, 15) is 5.11 Å². The molecule has 1 N–H and O–H groups in total. The summed E-state index contributed by atoms with van der Waals surface area (Å²) in [7, 11) is 2.07. The molecule has 2 rings (SSSR count). The van der Waals surface area contributed by atoms with Crippen molar-refractivity contribution in [3.63, 3.8) is 0 Å². The zero-order valence-corrected chi connectivity index (χ0v) is 12.2. The predicted octanol–water partition coefficient (Wildman–Crippen LogP) is 1.24. The highest BCUT2D eigenvalue weighted by atomic mass is 16.3. The highest BCUT2D eigenvalue weighted by Crippen LogP contribution is 2.25. The number of tetrazole rings is 1. The normalized spacial score (nSPS) is 24.3. The third-order valence-electron chi connectivity index (χ3n) is 3.88. The average Bonchev–Trinajstić information content (AvgIpc) is 2.80. The van der Waals surface area contributed by atoms with Gasteiger partial charge in [0.05, 0.1) is 18.7 Å². The number of aliphatic hydroxyl groups excluding tert-OH is 1. The monoisotopic (exact) mass is 267 g/mol. The topological polar surface area (TPSA) is 67.1 Å². The van der Waals surface area contributed by atoms with Gasteiger partial charge in [0, 0.05) is 6.54 Å². The summed E-state index contributed by atoms with van der Waals surface area (Å²) >= 11 is 0. The Morgan fingerprint density at radius 3 is 2.79 bits per heavy atom. The lowest BCUT2D eigenvalue weighted by Gasteiger charge is -2.31. The molecule has 0 bridgehead atoms. The van der Waals surface area contributed by atoms with Crippen molar-refractivity contribution in [3.8, 4) is 0 Å². The minimum Gasteiger partial charge on any atom is -0.393 e. The van der Waals surface area contributed by atoms with Crippen molar-refractivity contribution in [1.29, 1.82) is 0 Å². The van der Waals surface area contributed by atoms with E-state index in [1.807, 2.05) is 4.68 Å². The van der Waals surface area contributed by atoms with Gasteiger partial charge in [-0.3, -0.25) is 4.90 Å². The molecule has 0 spiro atoms. The Morgan fingerprint density at radius 1 is 1.37 bits per heavy atom. The zero-order chi connectivity index (χ0) is 13.8. The van der Waals surface area contributed by atoms with E-state index < -0.39 is 0 Å². The molecule has 19 heavy (non-hydrogen) atoms. The SMILES string of the molecule is CC(C)n1nnnc1CN(C)CC1CCCCC1O. The molecule has 1 saturated carbocycles. The Morgan fingerprint density at radius 2 is 2.11 bits per heavy atom. The smallest absolute Gasteiger partial charge is 0.165 e. The van der Waals surface area contributed by atoms with Gasteiger partial charge in [-0.2, -0.15) is 0 Å². The fourth-order valence-corrected chi connectivity index (χ4v) is 2.82. The summed E-state index contributed by atoms with van der Waals surface area (Å²) in [6.07, 6.45) is 4.33. The van der Waals surface area contributed by atoms with Crippen LogP contribution in [0.3, 0.4) is 0 Å². The second-order valence-electron chi connectivity index (χ2n) is 5.94. The summed E-state index contributed by atoms with van der Waals surface area (Å²) in [6.45, 7) is 5.79. The lowest BCUT2D eigenvalue weighted by molar-refractivity contribution is 0.0494. The van der Waals surface area contributed by atoms with Crippen molar-refractivity contribution in [2.45, 2.75) is 58.2 Å². The van der Waals surface area contributed by atoms with E-state index in [0.29, 0.717) is 5.92 Å². The van der Waals surface area contributed by atoms with Gasteiger partial charge in [0.2, 0.25) is 0 Å². The molecule has 2 unspecified atom stereocenters. The summed E-state index contributed by atoms with van der Waals surface area (Å²) in [5.41, 5.74) is 0. The van der Waals surface area contributed by atoms with Crippen LogP contribution in [0.2, 0.25) is 0 Å². The van der Waals surface area contributed by atoms with Crippen LogP contribution in [0.5, 0.6) is 0 Å². The maximum atomic E-state index is 10.0. The highest BCUT2D eigenvalue weighted by molar-refractivity contribution is 4.84. The Labute approximate surface area is 114 Å². The van der Waals surface area contributed by atoms with Crippen molar-refractivity contribution in [3.05, 3.63) is 5.82 Å². The van der Waals surface area contributed by atoms with E-state index in [1.54, 1.807) is 0 Å². The third kappa shape index (κ3) is 3.73. The first-order valence-corrected chi connectivity index (χ1v) is 7.21. The quantitative estimate of drug-likeness (QED) is 0.869. The average molecular weight is 267 g/mol. The Balaban J connectivity index is 1.89. The molecule has 6 heteroatoms. The molecule has 0 amide bonds. The zero-order valence-electron chi connectivity index (χ0n) is 12.2. The van der Waals surface area contributed by atoms with Gasteiger partial charge in [-0.05, 0) is 50.1 Å². The summed E-state index contributed by atoms with van der Waals surface area (Å²) in [5.74, 6) is 1.28. The van der Waals surface area contributed by atoms with Crippen LogP contribution in [-0.4, -0.2) is 49.9 Å². The molecule has 1 aromatic rings. The molecule has 0 saturated heterocycles. The van der Waals surface area contributed by atoms with Crippen LogP contribution < -0.4 is 0 Å². The van der Waals surface area contributed by atoms with E-state index in [-0.39, 0.29) is 12.1 Å². The van der Waals surface area contributed by atoms with Gasteiger partial charge in [0.15, 0.2) is 5.82 Å². The molecule has 1 heterocycles. The van der Waals surface area contributed by atoms with E-state index in [1.165, 1.54) is 6.42 Å². The van der Waals surface area contributed by atoms with Crippen molar-refractivity contribution in [2.24, 2.45) is 5.92 Å². The highest BCUT2D eigenvalue weighted by Gasteiger charge is 2.24. The van der Waals surface area contributed by atoms with Gasteiger partial charge in [-0.1, -0.05) is 12.8 Å². The minimum absolute atomic E-state index is 0.141. The molecule has 1 aromatic heterocycles. The van der Waals surface area contributed by atoms with Crippen molar-refractivity contribution < 1.29 is 5.11 Å². The Bertz CT molecular complexity index is 392. The van der Waals surface area contributed by atoms with E-state index in [4.69, 9.17) is 0 Å². The molecule has 6 nitrogen and oxygen atoms in total. The molecule has 1 fully saturated rings. The molecule has 2 atom stereocenters. The van der Waals surface area contributed by atoms with Crippen LogP contribution in [0.25, 0.3) is 0 Å². The molecule has 1 aliphatic rings. The summed E-state index contributed by atoms with van der Waals surface area (Å²) < 4.78 is 1.85. The Kier molecular flexibility index (Phi) is 4.87. The maximum absolute atomic E-state index is 10.0. The van der Waals surface area contributed by atoms with Gasteiger partial charge < -0.3 is 5.11 Å². The largest absolute Gasteiger partial charge is 0.393 e. The van der Waals surface area contributed by atoms with Gasteiger partial charge in [-0.25, -0.2) is 4.68 Å². The van der Waals surface area contributed by atoms with Crippen LogP contribution in [0.4, 0.5) is 0 Å². The lowest BCUT2D eigenvalue weighted by atomic mass is 9.86. The minimum atomic E-state index is -0.141. The Hall–Kier alpha value is -1.01. The molecule has 0 aromatic carbocycles. The van der Waals surface area contributed by atoms with Gasteiger partial charge >= 0.3 is 0 Å². The first-order valence-electron chi connectivity index (χ1n) is 7.21. The van der Waals surface area contributed by atoms with E-state index in [0.717, 1.165) is 38.2 Å². The standard InChI is InChI=1S/C13H25N5O/c1-10(2)18-13(14-15-16-18)9-17(3)8-11-6-4-5-7-12(11)19/h10-12,19H,4-9H2,1-3H3. The van der Waals surface area contributed by atoms with E-state index >= 15 is 0 Å². The van der Waals surface area contributed by atoms with E-state index in [2.05, 4.69) is 41.3 Å².